The fourth-order valence-corrected chi connectivity index (χ4v) is 2.95. The number of carboxylic acid groups (broad SMARTS) is 1. The van der Waals surface area contributed by atoms with Gasteiger partial charge in [-0.25, -0.2) is 9.59 Å². The van der Waals surface area contributed by atoms with Crippen LogP contribution in [0.4, 0.5) is 4.79 Å². The molecule has 0 radical (unpaired) electrons. The number of amides is 2. The van der Waals surface area contributed by atoms with Crippen LogP contribution >= 0.6 is 0 Å². The summed E-state index contributed by atoms with van der Waals surface area (Å²) in [5.74, 6) is 0.162. The van der Waals surface area contributed by atoms with Gasteiger partial charge in [-0.15, -0.1) is 0 Å². The van der Waals surface area contributed by atoms with Crippen molar-refractivity contribution in [2.75, 3.05) is 0 Å². The Labute approximate surface area is 127 Å². The molecule has 1 saturated carbocycles. The second-order valence-electron chi connectivity index (χ2n) is 6.82. The largest absolute Gasteiger partial charge is 0.480 e. The van der Waals surface area contributed by atoms with Crippen molar-refractivity contribution in [3.05, 3.63) is 0 Å². The quantitative estimate of drug-likeness (QED) is 0.705. The minimum absolute atomic E-state index is 0.0494. The van der Waals surface area contributed by atoms with Crippen LogP contribution in [-0.2, 0) is 4.79 Å². The highest BCUT2D eigenvalue weighted by atomic mass is 16.4. The first-order valence-electron chi connectivity index (χ1n) is 8.11. The van der Waals surface area contributed by atoms with Crippen LogP contribution in [0.3, 0.4) is 0 Å². The summed E-state index contributed by atoms with van der Waals surface area (Å²) < 4.78 is 0. The number of carbonyl (C=O) groups is 2. The van der Waals surface area contributed by atoms with Crippen molar-refractivity contribution < 1.29 is 14.7 Å². The maximum atomic E-state index is 12.1. The molecule has 122 valence electrons. The van der Waals surface area contributed by atoms with Gasteiger partial charge in [0.05, 0.1) is 0 Å². The number of urea groups is 1. The van der Waals surface area contributed by atoms with Crippen LogP contribution < -0.4 is 10.6 Å². The van der Waals surface area contributed by atoms with Crippen LogP contribution in [0.1, 0.15) is 66.2 Å². The summed E-state index contributed by atoms with van der Waals surface area (Å²) in [5, 5.41) is 15.1. The molecule has 5 nitrogen and oxygen atoms in total. The predicted octanol–water partition coefficient (Wildman–Crippen LogP) is 3.14. The molecule has 1 fully saturated rings. The van der Waals surface area contributed by atoms with Gasteiger partial charge in [-0.3, -0.25) is 0 Å². The van der Waals surface area contributed by atoms with Crippen LogP contribution in [0.2, 0.25) is 0 Å². The summed E-state index contributed by atoms with van der Waals surface area (Å²) in [6, 6.07) is -0.309. The van der Waals surface area contributed by atoms with Crippen LogP contribution in [0, 0.1) is 11.8 Å². The number of nitrogens with one attached hydrogen (secondary N) is 2. The summed E-state index contributed by atoms with van der Waals surface area (Å²) in [6.07, 6.45) is 4.68. The van der Waals surface area contributed by atoms with E-state index in [1.54, 1.807) is 0 Å². The van der Waals surface area contributed by atoms with Crippen molar-refractivity contribution in [2.24, 2.45) is 11.8 Å². The van der Waals surface area contributed by atoms with Crippen LogP contribution in [0.15, 0.2) is 0 Å². The fraction of sp³-hybridized carbons (Fsp3) is 0.875. The van der Waals surface area contributed by atoms with E-state index in [0.29, 0.717) is 24.7 Å². The summed E-state index contributed by atoms with van der Waals surface area (Å²) in [5.41, 5.74) is -1.09. The van der Waals surface area contributed by atoms with E-state index in [9.17, 15) is 14.7 Å². The van der Waals surface area contributed by atoms with E-state index in [0.717, 1.165) is 25.7 Å². The predicted molar refractivity (Wildman–Crippen MR) is 83.2 cm³/mol. The summed E-state index contributed by atoms with van der Waals surface area (Å²) in [6.45, 7) is 8.36. The lowest BCUT2D eigenvalue weighted by Gasteiger charge is -2.36. The van der Waals surface area contributed by atoms with Gasteiger partial charge in [0.15, 0.2) is 0 Å². The number of carboxylic acids is 1. The lowest BCUT2D eigenvalue weighted by Crippen LogP contribution is -2.59. The average molecular weight is 298 g/mol. The molecule has 1 aliphatic rings. The van der Waals surface area contributed by atoms with Crippen molar-refractivity contribution in [3.63, 3.8) is 0 Å². The average Bonchev–Trinajstić information content (AvgIpc) is 2.40. The smallest absolute Gasteiger partial charge is 0.329 e. The van der Waals surface area contributed by atoms with E-state index in [-0.39, 0.29) is 12.1 Å². The van der Waals surface area contributed by atoms with Gasteiger partial charge in [0.2, 0.25) is 0 Å². The second-order valence-corrected chi connectivity index (χ2v) is 6.82. The van der Waals surface area contributed by atoms with E-state index >= 15 is 0 Å². The molecule has 0 heterocycles. The molecule has 0 aromatic carbocycles. The monoisotopic (exact) mass is 298 g/mol. The Hall–Kier alpha value is -1.26. The van der Waals surface area contributed by atoms with Gasteiger partial charge < -0.3 is 15.7 Å². The number of aliphatic carboxylic acids is 1. The molecule has 2 amide bonds. The van der Waals surface area contributed by atoms with Crippen molar-refractivity contribution in [2.45, 2.75) is 77.8 Å². The first-order valence-corrected chi connectivity index (χ1v) is 8.11. The summed E-state index contributed by atoms with van der Waals surface area (Å²) in [7, 11) is 0. The zero-order valence-corrected chi connectivity index (χ0v) is 13.7. The van der Waals surface area contributed by atoms with Gasteiger partial charge in [0.25, 0.3) is 0 Å². The van der Waals surface area contributed by atoms with Crippen LogP contribution in [-0.4, -0.2) is 28.7 Å². The summed E-state index contributed by atoms with van der Waals surface area (Å²) in [4.78, 5) is 23.7. The standard InChI is InChI=1S/C16H30N2O3/c1-5-11(2)10-13(4)17-15(21)18-16(14(19)20)8-6-12(3)7-9-16/h11-13H,5-10H2,1-4H3,(H,19,20)(H2,17,18,21). The molecule has 5 heteroatoms. The molecule has 0 aromatic heterocycles. The Balaban J connectivity index is 2.56. The van der Waals surface area contributed by atoms with Crippen molar-refractivity contribution in [1.82, 2.24) is 10.6 Å². The molecule has 0 aliphatic heterocycles. The molecular formula is C16H30N2O3. The highest BCUT2D eigenvalue weighted by molar-refractivity contribution is 5.86. The Morgan fingerprint density at radius 1 is 1.29 bits per heavy atom. The molecule has 2 unspecified atom stereocenters. The van der Waals surface area contributed by atoms with E-state index in [1.807, 2.05) is 6.92 Å². The zero-order chi connectivity index (χ0) is 16.0. The number of rotatable bonds is 6. The van der Waals surface area contributed by atoms with E-state index in [1.165, 1.54) is 0 Å². The topological polar surface area (TPSA) is 78.4 Å². The highest BCUT2D eigenvalue weighted by Crippen LogP contribution is 2.32. The molecule has 3 N–H and O–H groups in total. The van der Waals surface area contributed by atoms with Gasteiger partial charge in [-0.2, -0.15) is 0 Å². The Kier molecular flexibility index (Phi) is 6.49. The first kappa shape index (κ1) is 17.8. The lowest BCUT2D eigenvalue weighted by molar-refractivity contribution is -0.146. The third-order valence-electron chi connectivity index (χ3n) is 4.72. The maximum Gasteiger partial charge on any atom is 0.329 e. The van der Waals surface area contributed by atoms with Crippen LogP contribution in [0.25, 0.3) is 0 Å². The van der Waals surface area contributed by atoms with Gasteiger partial charge in [-0.05, 0) is 50.9 Å². The molecule has 0 aromatic rings. The fourth-order valence-electron chi connectivity index (χ4n) is 2.95. The second kappa shape index (κ2) is 7.66. The van der Waals surface area contributed by atoms with Crippen molar-refractivity contribution in [1.29, 1.82) is 0 Å². The third-order valence-corrected chi connectivity index (χ3v) is 4.72. The molecule has 1 aliphatic carbocycles. The third kappa shape index (κ3) is 5.21. The first-order chi connectivity index (χ1) is 9.79. The van der Waals surface area contributed by atoms with Gasteiger partial charge in [-0.1, -0.05) is 27.2 Å². The molecular weight excluding hydrogens is 268 g/mol. The Morgan fingerprint density at radius 2 is 1.86 bits per heavy atom. The molecule has 21 heavy (non-hydrogen) atoms. The van der Waals surface area contributed by atoms with Gasteiger partial charge in [0, 0.05) is 6.04 Å². The molecule has 0 saturated heterocycles. The van der Waals surface area contributed by atoms with Crippen molar-refractivity contribution in [3.8, 4) is 0 Å². The van der Waals surface area contributed by atoms with E-state index in [2.05, 4.69) is 31.4 Å². The summed E-state index contributed by atoms with van der Waals surface area (Å²) >= 11 is 0. The SMILES string of the molecule is CCC(C)CC(C)NC(=O)NC1(C(=O)O)CCC(C)CC1. The molecule has 1 rings (SSSR count). The Bertz CT molecular complexity index is 363. The normalized spacial score (nSPS) is 28.5. The molecule has 2 atom stereocenters. The number of hydrogen-bond acceptors (Lipinski definition) is 2. The molecule has 0 bridgehead atoms. The maximum absolute atomic E-state index is 12.1. The molecule has 0 spiro atoms. The zero-order valence-electron chi connectivity index (χ0n) is 13.7. The van der Waals surface area contributed by atoms with Crippen molar-refractivity contribution >= 4 is 12.0 Å². The van der Waals surface area contributed by atoms with Crippen LogP contribution in [0.5, 0.6) is 0 Å². The highest BCUT2D eigenvalue weighted by Gasteiger charge is 2.42. The van der Waals surface area contributed by atoms with Gasteiger partial charge >= 0.3 is 12.0 Å². The number of hydrogen-bond donors (Lipinski definition) is 3. The van der Waals surface area contributed by atoms with Gasteiger partial charge in [0.1, 0.15) is 5.54 Å². The Morgan fingerprint density at radius 3 is 2.33 bits per heavy atom. The minimum Gasteiger partial charge on any atom is -0.480 e. The van der Waals surface area contributed by atoms with E-state index in [4.69, 9.17) is 0 Å². The minimum atomic E-state index is -1.09. The number of carbonyl (C=O) groups excluding carboxylic acids is 1. The van der Waals surface area contributed by atoms with E-state index < -0.39 is 11.5 Å². The lowest BCUT2D eigenvalue weighted by atomic mass is 9.77.